The highest BCUT2D eigenvalue weighted by molar-refractivity contribution is 9.10. The van der Waals surface area contributed by atoms with Gasteiger partial charge in [-0.15, -0.1) is 0 Å². The Bertz CT molecular complexity index is 462. The lowest BCUT2D eigenvalue weighted by atomic mass is 10.3. The number of rotatable bonds is 2. The van der Waals surface area contributed by atoms with Crippen LogP contribution in [0.4, 0.5) is 0 Å². The first-order valence-electron chi connectivity index (χ1n) is 4.56. The molecule has 0 unspecified atom stereocenters. The molecule has 2 heterocycles. The largest absolute Gasteiger partial charge is 0.330 e. The summed E-state index contributed by atoms with van der Waals surface area (Å²) >= 11 is 3.53. The minimum absolute atomic E-state index is 0.627. The molecule has 2 N–H and O–H groups in total. The highest BCUT2D eigenvalue weighted by Gasteiger charge is 2.09. The van der Waals surface area contributed by atoms with Crippen LogP contribution in [-0.2, 0) is 6.42 Å². The van der Waals surface area contributed by atoms with Crippen molar-refractivity contribution in [2.75, 3.05) is 6.54 Å². The van der Waals surface area contributed by atoms with Crippen molar-refractivity contribution in [3.63, 3.8) is 0 Å². The van der Waals surface area contributed by atoms with Gasteiger partial charge in [-0.05, 0) is 41.0 Å². The zero-order valence-corrected chi connectivity index (χ0v) is 9.58. The van der Waals surface area contributed by atoms with E-state index in [1.54, 1.807) is 0 Å². The fourth-order valence-electron chi connectivity index (χ4n) is 1.52. The number of nitrogens with zero attached hydrogens (tertiary/aromatic N) is 2. The molecule has 0 atom stereocenters. The van der Waals surface area contributed by atoms with Crippen LogP contribution in [0.2, 0.25) is 0 Å². The van der Waals surface area contributed by atoms with Crippen molar-refractivity contribution < 1.29 is 0 Å². The van der Waals surface area contributed by atoms with Crippen LogP contribution in [0.1, 0.15) is 11.3 Å². The van der Waals surface area contributed by atoms with Gasteiger partial charge in [-0.25, -0.2) is 4.98 Å². The van der Waals surface area contributed by atoms with Gasteiger partial charge in [0, 0.05) is 12.6 Å². The van der Waals surface area contributed by atoms with Gasteiger partial charge in [-0.3, -0.25) is 4.40 Å². The van der Waals surface area contributed by atoms with Crippen molar-refractivity contribution in [2.45, 2.75) is 13.3 Å². The molecule has 2 aromatic heterocycles. The molecule has 0 spiro atoms. The summed E-state index contributed by atoms with van der Waals surface area (Å²) in [5.74, 6) is 0. The van der Waals surface area contributed by atoms with Crippen LogP contribution in [-0.4, -0.2) is 15.9 Å². The van der Waals surface area contributed by atoms with E-state index in [-0.39, 0.29) is 0 Å². The fourth-order valence-corrected chi connectivity index (χ4v) is 2.09. The van der Waals surface area contributed by atoms with Crippen molar-refractivity contribution >= 4 is 21.6 Å². The van der Waals surface area contributed by atoms with Crippen LogP contribution >= 0.6 is 15.9 Å². The average molecular weight is 254 g/mol. The molecule has 4 heteroatoms. The third-order valence-corrected chi connectivity index (χ3v) is 3.07. The molecule has 0 radical (unpaired) electrons. The minimum atomic E-state index is 0.627. The third-order valence-electron chi connectivity index (χ3n) is 2.23. The molecule has 0 aliphatic rings. The van der Waals surface area contributed by atoms with E-state index < -0.39 is 0 Å². The molecular formula is C10H12BrN3. The number of hydrogen-bond donors (Lipinski definition) is 1. The topological polar surface area (TPSA) is 43.3 Å². The first kappa shape index (κ1) is 9.68. The molecule has 3 nitrogen and oxygen atoms in total. The van der Waals surface area contributed by atoms with E-state index in [2.05, 4.69) is 33.9 Å². The Morgan fingerprint density at radius 1 is 1.57 bits per heavy atom. The second-order valence-corrected chi connectivity index (χ2v) is 4.02. The van der Waals surface area contributed by atoms with Crippen LogP contribution in [0.5, 0.6) is 0 Å². The summed E-state index contributed by atoms with van der Waals surface area (Å²) in [4.78, 5) is 4.54. The Labute approximate surface area is 91.1 Å². The van der Waals surface area contributed by atoms with Crippen LogP contribution < -0.4 is 5.73 Å². The Morgan fingerprint density at radius 2 is 2.36 bits per heavy atom. The Morgan fingerprint density at radius 3 is 3.00 bits per heavy atom. The molecule has 14 heavy (non-hydrogen) atoms. The van der Waals surface area contributed by atoms with Crippen LogP contribution in [0.3, 0.4) is 0 Å². The van der Waals surface area contributed by atoms with Crippen molar-refractivity contribution in [3.05, 3.63) is 34.2 Å². The van der Waals surface area contributed by atoms with Gasteiger partial charge in [-0.2, -0.15) is 0 Å². The smallest absolute Gasteiger partial charge is 0.140 e. The van der Waals surface area contributed by atoms with Gasteiger partial charge in [0.1, 0.15) is 10.3 Å². The maximum Gasteiger partial charge on any atom is 0.140 e. The third kappa shape index (κ3) is 1.44. The summed E-state index contributed by atoms with van der Waals surface area (Å²) in [6.45, 7) is 2.68. The summed E-state index contributed by atoms with van der Waals surface area (Å²) in [5.41, 5.74) is 8.73. The monoisotopic (exact) mass is 253 g/mol. The first-order chi connectivity index (χ1) is 6.74. The van der Waals surface area contributed by atoms with Crippen molar-refractivity contribution in [3.8, 4) is 0 Å². The van der Waals surface area contributed by atoms with Gasteiger partial charge in [-0.1, -0.05) is 6.07 Å². The van der Waals surface area contributed by atoms with Crippen molar-refractivity contribution in [1.29, 1.82) is 0 Å². The molecular weight excluding hydrogens is 242 g/mol. The zero-order chi connectivity index (χ0) is 10.1. The Balaban J connectivity index is 2.67. The lowest BCUT2D eigenvalue weighted by molar-refractivity contribution is 0.928. The molecule has 74 valence electrons. The number of imidazole rings is 1. The maximum absolute atomic E-state index is 5.52. The van der Waals surface area contributed by atoms with E-state index in [0.717, 1.165) is 22.4 Å². The Kier molecular flexibility index (Phi) is 2.56. The summed E-state index contributed by atoms with van der Waals surface area (Å²) in [7, 11) is 0. The number of nitrogens with two attached hydrogens (primary N) is 1. The predicted octanol–water partition coefficient (Wildman–Crippen LogP) is 1.91. The second kappa shape index (κ2) is 3.71. The Hall–Kier alpha value is -0.870. The summed E-state index contributed by atoms with van der Waals surface area (Å²) in [6, 6.07) is 4.07. The van der Waals surface area contributed by atoms with Crippen molar-refractivity contribution in [1.82, 2.24) is 9.38 Å². The number of aromatic nitrogens is 2. The summed E-state index contributed by atoms with van der Waals surface area (Å²) in [6.07, 6.45) is 2.81. The molecule has 0 fully saturated rings. The SMILES string of the molecule is Cc1cccn2c(Br)c(CCN)nc12. The fraction of sp³-hybridized carbons (Fsp3) is 0.300. The van der Waals surface area contributed by atoms with Crippen molar-refractivity contribution in [2.24, 2.45) is 5.73 Å². The average Bonchev–Trinajstić information content (AvgIpc) is 2.48. The molecule has 0 saturated carbocycles. The standard InChI is InChI=1S/C10H12BrN3/c1-7-3-2-6-14-9(11)8(4-5-12)13-10(7)14/h2-3,6H,4-5,12H2,1H3. The van der Waals surface area contributed by atoms with Gasteiger partial charge in [0.2, 0.25) is 0 Å². The van der Waals surface area contributed by atoms with E-state index in [1.807, 2.05) is 16.7 Å². The van der Waals surface area contributed by atoms with Gasteiger partial charge in [0.05, 0.1) is 5.69 Å². The van der Waals surface area contributed by atoms with Crippen LogP contribution in [0.25, 0.3) is 5.65 Å². The van der Waals surface area contributed by atoms with E-state index in [1.165, 1.54) is 5.56 Å². The molecule has 0 aromatic carbocycles. The van der Waals surface area contributed by atoms with Crippen LogP contribution in [0, 0.1) is 6.92 Å². The molecule has 0 aliphatic heterocycles. The van der Waals surface area contributed by atoms with E-state index in [9.17, 15) is 0 Å². The minimum Gasteiger partial charge on any atom is -0.330 e. The predicted molar refractivity (Wildman–Crippen MR) is 60.4 cm³/mol. The van der Waals surface area contributed by atoms with Gasteiger partial charge in [0.15, 0.2) is 0 Å². The highest BCUT2D eigenvalue weighted by atomic mass is 79.9. The summed E-state index contributed by atoms with van der Waals surface area (Å²) in [5, 5.41) is 0. The van der Waals surface area contributed by atoms with E-state index >= 15 is 0 Å². The zero-order valence-electron chi connectivity index (χ0n) is 8.00. The molecule has 0 saturated heterocycles. The number of fused-ring (bicyclic) bond motifs is 1. The summed E-state index contributed by atoms with van der Waals surface area (Å²) < 4.78 is 3.06. The first-order valence-corrected chi connectivity index (χ1v) is 5.35. The normalized spacial score (nSPS) is 11.1. The lowest BCUT2D eigenvalue weighted by Crippen LogP contribution is -2.03. The van der Waals surface area contributed by atoms with Crippen LogP contribution in [0.15, 0.2) is 22.9 Å². The number of hydrogen-bond acceptors (Lipinski definition) is 2. The molecule has 0 aliphatic carbocycles. The molecule has 0 bridgehead atoms. The highest BCUT2D eigenvalue weighted by Crippen LogP contribution is 2.20. The lowest BCUT2D eigenvalue weighted by Gasteiger charge is -1.96. The second-order valence-electron chi connectivity index (χ2n) is 3.27. The van der Waals surface area contributed by atoms with Gasteiger partial charge in [0.25, 0.3) is 0 Å². The molecule has 2 rings (SSSR count). The molecule has 0 amide bonds. The molecule has 2 aromatic rings. The quantitative estimate of drug-likeness (QED) is 0.889. The number of pyridine rings is 1. The number of aryl methyl sites for hydroxylation is 1. The van der Waals surface area contributed by atoms with Gasteiger partial charge < -0.3 is 5.73 Å². The van der Waals surface area contributed by atoms with E-state index in [0.29, 0.717) is 6.54 Å². The van der Waals surface area contributed by atoms with E-state index in [4.69, 9.17) is 5.73 Å². The maximum atomic E-state index is 5.52. The number of halogens is 1. The van der Waals surface area contributed by atoms with Gasteiger partial charge >= 0.3 is 0 Å².